The van der Waals surface area contributed by atoms with Gasteiger partial charge in [0.2, 0.25) is 5.89 Å². The second-order valence-electron chi connectivity index (χ2n) is 4.70. The fourth-order valence-corrected chi connectivity index (χ4v) is 2.51. The molecular formula is C17H12N4O2S. The lowest BCUT2D eigenvalue weighted by Crippen LogP contribution is -2.12. The first-order valence-corrected chi connectivity index (χ1v) is 8.22. The number of nitrogens with one attached hydrogen (secondary N) is 1. The van der Waals surface area contributed by atoms with E-state index in [4.69, 9.17) is 9.68 Å². The minimum Gasteiger partial charge on any atom is -0.403 e. The van der Waals surface area contributed by atoms with Gasteiger partial charge in [0.05, 0.1) is 22.2 Å². The first kappa shape index (κ1) is 15.8. The maximum Gasteiger partial charge on any atom is 0.347 e. The van der Waals surface area contributed by atoms with Crippen LogP contribution < -0.4 is 10.9 Å². The van der Waals surface area contributed by atoms with Crippen LogP contribution in [0, 0.1) is 11.5 Å². The molecule has 0 aliphatic rings. The zero-order valence-corrected chi connectivity index (χ0v) is 13.5. The van der Waals surface area contributed by atoms with Gasteiger partial charge in [-0.05, 0) is 30.5 Å². The Hall–Kier alpha value is -3.11. The van der Waals surface area contributed by atoms with Crippen LogP contribution in [-0.4, -0.2) is 16.4 Å². The minimum absolute atomic E-state index is 0.190. The number of hydrogen-bond donors (Lipinski definition) is 1. The summed E-state index contributed by atoms with van der Waals surface area (Å²) in [4.78, 5) is 21.0. The SMILES string of the molecule is CSC(=Nc1ccccc1-c1nc2ccccc2c(=O)o1)NC#N. The molecule has 0 amide bonds. The standard InChI is InChI=1S/C17H12N4O2S/c1-24-17(19-10-18)21-13-8-4-2-6-11(13)15-20-14-9-5-3-7-12(14)16(22)23-15/h2-9H,1H3,(H,19,21). The Bertz CT molecular complexity index is 1020. The van der Waals surface area contributed by atoms with Gasteiger partial charge < -0.3 is 4.42 Å². The van der Waals surface area contributed by atoms with Crippen molar-refractivity contribution in [1.82, 2.24) is 10.3 Å². The third kappa shape index (κ3) is 3.14. The summed E-state index contributed by atoms with van der Waals surface area (Å²) in [6.07, 6.45) is 3.65. The lowest BCUT2D eigenvalue weighted by molar-refractivity contribution is 0.518. The molecule has 24 heavy (non-hydrogen) atoms. The largest absolute Gasteiger partial charge is 0.403 e. The number of para-hydroxylation sites is 2. The third-order valence-corrected chi connectivity index (χ3v) is 3.83. The van der Waals surface area contributed by atoms with Crippen molar-refractivity contribution in [2.45, 2.75) is 0 Å². The molecule has 118 valence electrons. The zero-order valence-electron chi connectivity index (χ0n) is 12.7. The second kappa shape index (κ2) is 6.98. The fourth-order valence-electron chi connectivity index (χ4n) is 2.17. The number of nitrogens with zero attached hydrogens (tertiary/aromatic N) is 3. The second-order valence-corrected chi connectivity index (χ2v) is 5.49. The average molecular weight is 336 g/mol. The van der Waals surface area contributed by atoms with Crippen molar-refractivity contribution >= 4 is 33.5 Å². The van der Waals surface area contributed by atoms with Crippen LogP contribution in [0.2, 0.25) is 0 Å². The lowest BCUT2D eigenvalue weighted by Gasteiger charge is -2.06. The van der Waals surface area contributed by atoms with Crippen molar-refractivity contribution < 1.29 is 4.42 Å². The Balaban J connectivity index is 2.18. The number of nitriles is 1. The molecule has 7 heteroatoms. The number of amidine groups is 1. The van der Waals surface area contributed by atoms with Crippen molar-refractivity contribution in [3.8, 4) is 17.6 Å². The molecular weight excluding hydrogens is 324 g/mol. The van der Waals surface area contributed by atoms with Gasteiger partial charge in [0, 0.05) is 0 Å². The molecule has 1 N–H and O–H groups in total. The maximum atomic E-state index is 12.2. The highest BCUT2D eigenvalue weighted by Crippen LogP contribution is 2.29. The monoisotopic (exact) mass is 336 g/mol. The van der Waals surface area contributed by atoms with Crippen LogP contribution in [0.25, 0.3) is 22.4 Å². The molecule has 0 spiro atoms. The van der Waals surface area contributed by atoms with Gasteiger partial charge in [-0.2, -0.15) is 5.26 Å². The molecule has 0 atom stereocenters. The van der Waals surface area contributed by atoms with Crippen molar-refractivity contribution in [1.29, 1.82) is 5.26 Å². The molecule has 2 aromatic carbocycles. The molecule has 1 heterocycles. The number of aliphatic imine (C=N–C) groups is 1. The third-order valence-electron chi connectivity index (χ3n) is 3.25. The molecule has 0 fully saturated rings. The molecule has 1 aromatic heterocycles. The highest BCUT2D eigenvalue weighted by Gasteiger charge is 2.12. The smallest absolute Gasteiger partial charge is 0.347 e. The van der Waals surface area contributed by atoms with Crippen LogP contribution in [0.3, 0.4) is 0 Å². The average Bonchev–Trinajstić information content (AvgIpc) is 2.61. The van der Waals surface area contributed by atoms with E-state index >= 15 is 0 Å². The Labute approximate surface area is 141 Å². The topological polar surface area (TPSA) is 91.3 Å². The minimum atomic E-state index is -0.449. The first-order valence-electron chi connectivity index (χ1n) is 7.00. The summed E-state index contributed by atoms with van der Waals surface area (Å²) in [5, 5.41) is 12.1. The summed E-state index contributed by atoms with van der Waals surface area (Å²) in [7, 11) is 0. The molecule has 0 radical (unpaired) electrons. The van der Waals surface area contributed by atoms with E-state index in [0.717, 1.165) is 0 Å². The molecule has 3 aromatic rings. The highest BCUT2D eigenvalue weighted by atomic mass is 32.2. The summed E-state index contributed by atoms with van der Waals surface area (Å²) >= 11 is 1.30. The van der Waals surface area contributed by atoms with Gasteiger partial charge in [0.15, 0.2) is 11.4 Å². The van der Waals surface area contributed by atoms with Crippen molar-refractivity contribution in [2.75, 3.05) is 6.26 Å². The number of rotatable bonds is 2. The van der Waals surface area contributed by atoms with E-state index in [0.29, 0.717) is 27.3 Å². The van der Waals surface area contributed by atoms with E-state index in [1.165, 1.54) is 11.8 Å². The van der Waals surface area contributed by atoms with E-state index in [1.54, 1.807) is 36.6 Å². The van der Waals surface area contributed by atoms with Crippen LogP contribution in [-0.2, 0) is 0 Å². The molecule has 6 nitrogen and oxygen atoms in total. The maximum absolute atomic E-state index is 12.2. The van der Waals surface area contributed by atoms with E-state index in [-0.39, 0.29) is 5.89 Å². The Morgan fingerprint density at radius 1 is 1.25 bits per heavy atom. The molecule has 0 unspecified atom stereocenters. The Kier molecular flexibility index (Phi) is 4.59. The van der Waals surface area contributed by atoms with Crippen LogP contribution in [0.5, 0.6) is 0 Å². The number of hydrogen-bond acceptors (Lipinski definition) is 6. The van der Waals surface area contributed by atoms with Crippen LogP contribution in [0.4, 0.5) is 5.69 Å². The molecule has 3 rings (SSSR count). The van der Waals surface area contributed by atoms with Gasteiger partial charge in [-0.15, -0.1) is 0 Å². The van der Waals surface area contributed by atoms with Gasteiger partial charge in [-0.3, -0.25) is 5.32 Å². The Morgan fingerprint density at radius 3 is 2.79 bits per heavy atom. The summed E-state index contributed by atoms with van der Waals surface area (Å²) in [5.41, 5.74) is 1.24. The zero-order chi connectivity index (χ0) is 16.9. The normalized spacial score (nSPS) is 11.2. The molecule has 0 saturated carbocycles. The lowest BCUT2D eigenvalue weighted by atomic mass is 10.1. The first-order chi connectivity index (χ1) is 11.7. The summed E-state index contributed by atoms with van der Waals surface area (Å²) in [6.45, 7) is 0. The van der Waals surface area contributed by atoms with E-state index in [9.17, 15) is 4.79 Å². The molecule has 0 bridgehead atoms. The highest BCUT2D eigenvalue weighted by molar-refractivity contribution is 8.13. The van der Waals surface area contributed by atoms with E-state index in [1.807, 2.05) is 24.4 Å². The van der Waals surface area contributed by atoms with Crippen molar-refractivity contribution in [3.63, 3.8) is 0 Å². The number of aromatic nitrogens is 1. The van der Waals surface area contributed by atoms with E-state index < -0.39 is 5.63 Å². The van der Waals surface area contributed by atoms with Gasteiger partial charge in [-0.25, -0.2) is 14.8 Å². The van der Waals surface area contributed by atoms with E-state index in [2.05, 4.69) is 15.3 Å². The predicted octanol–water partition coefficient (Wildman–Crippen LogP) is 3.28. The summed E-state index contributed by atoms with van der Waals surface area (Å²) in [5.74, 6) is 0.190. The van der Waals surface area contributed by atoms with Crippen LogP contribution in [0.15, 0.2) is 62.7 Å². The van der Waals surface area contributed by atoms with Crippen LogP contribution >= 0.6 is 11.8 Å². The fraction of sp³-hybridized carbons (Fsp3) is 0.0588. The van der Waals surface area contributed by atoms with Gasteiger partial charge in [-0.1, -0.05) is 36.0 Å². The Morgan fingerprint density at radius 2 is 2.00 bits per heavy atom. The molecule has 0 aliphatic carbocycles. The molecule has 0 aliphatic heterocycles. The van der Waals surface area contributed by atoms with Gasteiger partial charge in [0.1, 0.15) is 0 Å². The van der Waals surface area contributed by atoms with Gasteiger partial charge in [0.25, 0.3) is 0 Å². The van der Waals surface area contributed by atoms with Crippen LogP contribution in [0.1, 0.15) is 0 Å². The number of thioether (sulfide) groups is 1. The summed E-state index contributed by atoms with van der Waals surface area (Å²) in [6, 6.07) is 14.2. The number of fused-ring (bicyclic) bond motifs is 1. The van der Waals surface area contributed by atoms with Crippen molar-refractivity contribution in [2.24, 2.45) is 4.99 Å². The molecule has 0 saturated heterocycles. The number of benzene rings is 2. The predicted molar refractivity (Wildman–Crippen MR) is 95.1 cm³/mol. The van der Waals surface area contributed by atoms with Crippen molar-refractivity contribution in [3.05, 3.63) is 59.0 Å². The quantitative estimate of drug-likeness (QED) is 0.334. The van der Waals surface area contributed by atoms with Gasteiger partial charge >= 0.3 is 5.63 Å². The summed E-state index contributed by atoms with van der Waals surface area (Å²) < 4.78 is 5.36.